The average molecular weight is 717 g/mol. The Morgan fingerprint density at radius 2 is 0.875 bits per heavy atom. The number of furan rings is 1. The quantitative estimate of drug-likeness (QED) is 0.172. The molecule has 3 aromatic heterocycles. The second-order valence-electron chi connectivity index (χ2n) is 14.0. The number of hydrogen-bond acceptors (Lipinski definition) is 4. The number of aromatic nitrogens is 4. The van der Waals surface area contributed by atoms with Gasteiger partial charge in [-0.3, -0.25) is 0 Å². The normalized spacial score (nSPS) is 11.6. The first-order valence-corrected chi connectivity index (χ1v) is 18.8. The van der Waals surface area contributed by atoms with E-state index < -0.39 is 0 Å². The summed E-state index contributed by atoms with van der Waals surface area (Å²) in [7, 11) is 0. The minimum Gasteiger partial charge on any atom is -0.454 e. The molecule has 0 aliphatic rings. The molecule has 8 aromatic carbocycles. The number of nitrogens with zero attached hydrogens (tertiary/aromatic N) is 4. The third kappa shape index (κ3) is 5.29. The summed E-state index contributed by atoms with van der Waals surface area (Å²) in [5, 5.41) is 4.38. The summed E-state index contributed by atoms with van der Waals surface area (Å²) >= 11 is 0. The summed E-state index contributed by atoms with van der Waals surface area (Å²) in [5.74, 6) is 1.85. The summed E-state index contributed by atoms with van der Waals surface area (Å²) in [6, 6.07) is 67.4. The Labute approximate surface area is 322 Å². The fourth-order valence-electron chi connectivity index (χ4n) is 8.00. The van der Waals surface area contributed by atoms with Gasteiger partial charge in [-0.1, -0.05) is 164 Å². The van der Waals surface area contributed by atoms with E-state index in [1.54, 1.807) is 0 Å². The van der Waals surface area contributed by atoms with E-state index in [0.29, 0.717) is 17.5 Å². The first kappa shape index (κ1) is 31.9. The van der Waals surface area contributed by atoms with Crippen LogP contribution in [0, 0.1) is 0 Å². The highest BCUT2D eigenvalue weighted by atomic mass is 16.3. The molecule has 0 unspecified atom stereocenters. The van der Waals surface area contributed by atoms with Gasteiger partial charge in [0.15, 0.2) is 23.1 Å². The van der Waals surface area contributed by atoms with Crippen molar-refractivity contribution in [2.24, 2.45) is 0 Å². The summed E-state index contributed by atoms with van der Waals surface area (Å²) in [6.45, 7) is 0. The zero-order chi connectivity index (χ0) is 37.0. The van der Waals surface area contributed by atoms with Gasteiger partial charge in [-0.25, -0.2) is 15.0 Å². The standard InChI is InChI=1S/C51H32N4O/c1-4-14-33(15-5-1)34-26-28-35(29-27-34)38-30-31-46-43(32-38)41-22-13-25-45(48(41)56-46)55-44-24-11-10-20-39(44)40-21-12-23-42(47(40)55)51-53-49(36-16-6-2-7-17-36)52-50(54-51)37-18-8-3-9-19-37/h1-32H. The van der Waals surface area contributed by atoms with Crippen LogP contribution in [0.1, 0.15) is 0 Å². The van der Waals surface area contributed by atoms with E-state index in [9.17, 15) is 0 Å². The zero-order valence-electron chi connectivity index (χ0n) is 30.2. The molecule has 0 saturated carbocycles. The van der Waals surface area contributed by atoms with Crippen molar-refractivity contribution in [3.8, 4) is 62.1 Å². The van der Waals surface area contributed by atoms with Crippen LogP contribution in [0.5, 0.6) is 0 Å². The largest absolute Gasteiger partial charge is 0.454 e. The maximum Gasteiger partial charge on any atom is 0.166 e. The van der Waals surface area contributed by atoms with E-state index in [1.807, 2.05) is 66.7 Å². The second-order valence-corrected chi connectivity index (χ2v) is 14.0. The molecule has 0 aliphatic carbocycles. The van der Waals surface area contributed by atoms with Crippen molar-refractivity contribution in [2.75, 3.05) is 0 Å². The molecule has 11 aromatic rings. The Bertz CT molecular complexity index is 3160. The fraction of sp³-hybridized carbons (Fsp3) is 0. The van der Waals surface area contributed by atoms with Crippen molar-refractivity contribution >= 4 is 43.7 Å². The number of para-hydroxylation sites is 3. The minimum atomic E-state index is 0.604. The van der Waals surface area contributed by atoms with Crippen molar-refractivity contribution < 1.29 is 4.42 Å². The maximum absolute atomic E-state index is 6.81. The molecule has 56 heavy (non-hydrogen) atoms. The molecule has 0 amide bonds. The summed E-state index contributed by atoms with van der Waals surface area (Å²) in [5.41, 5.74) is 12.2. The number of fused-ring (bicyclic) bond motifs is 6. The van der Waals surface area contributed by atoms with Gasteiger partial charge in [-0.2, -0.15) is 0 Å². The van der Waals surface area contributed by atoms with Crippen LogP contribution in [0.25, 0.3) is 106 Å². The van der Waals surface area contributed by atoms with Gasteiger partial charge in [0.05, 0.1) is 16.7 Å². The van der Waals surface area contributed by atoms with Crippen molar-refractivity contribution in [3.63, 3.8) is 0 Å². The highest BCUT2D eigenvalue weighted by Gasteiger charge is 2.22. The van der Waals surface area contributed by atoms with Gasteiger partial charge in [0, 0.05) is 38.2 Å². The van der Waals surface area contributed by atoms with Gasteiger partial charge in [-0.15, -0.1) is 0 Å². The minimum absolute atomic E-state index is 0.604. The van der Waals surface area contributed by atoms with Gasteiger partial charge in [0.1, 0.15) is 5.58 Å². The van der Waals surface area contributed by atoms with Crippen LogP contribution >= 0.6 is 0 Å². The number of rotatable bonds is 6. The molecule has 3 heterocycles. The van der Waals surface area contributed by atoms with Crippen LogP contribution in [-0.4, -0.2) is 19.5 Å². The molecule has 0 fully saturated rings. The number of hydrogen-bond donors (Lipinski definition) is 0. The molecule has 0 atom stereocenters. The van der Waals surface area contributed by atoms with E-state index in [1.165, 1.54) is 11.1 Å². The molecular formula is C51H32N4O. The molecule has 262 valence electrons. The number of benzene rings is 8. The van der Waals surface area contributed by atoms with Crippen molar-refractivity contribution in [2.45, 2.75) is 0 Å². The van der Waals surface area contributed by atoms with Crippen molar-refractivity contribution in [3.05, 3.63) is 194 Å². The van der Waals surface area contributed by atoms with Gasteiger partial charge >= 0.3 is 0 Å². The molecule has 0 radical (unpaired) electrons. The van der Waals surface area contributed by atoms with E-state index in [2.05, 4.69) is 132 Å². The smallest absolute Gasteiger partial charge is 0.166 e. The van der Waals surface area contributed by atoms with Crippen LogP contribution in [0.3, 0.4) is 0 Å². The van der Waals surface area contributed by atoms with E-state index in [-0.39, 0.29) is 0 Å². The lowest BCUT2D eigenvalue weighted by Crippen LogP contribution is -2.02. The Morgan fingerprint density at radius 1 is 0.357 bits per heavy atom. The SMILES string of the molecule is c1ccc(-c2ccc(-c3ccc4oc5c(-n6c7ccccc7c7cccc(-c8nc(-c9ccccc9)nc(-c9ccccc9)n8)c76)cccc5c4c3)cc2)cc1. The van der Waals surface area contributed by atoms with Crippen LogP contribution in [0.4, 0.5) is 0 Å². The Balaban J connectivity index is 1.12. The van der Waals surface area contributed by atoms with Gasteiger partial charge in [0.25, 0.3) is 0 Å². The summed E-state index contributed by atoms with van der Waals surface area (Å²) in [6.07, 6.45) is 0. The topological polar surface area (TPSA) is 56.7 Å². The second kappa shape index (κ2) is 13.0. The van der Waals surface area contributed by atoms with Crippen LogP contribution in [-0.2, 0) is 0 Å². The monoisotopic (exact) mass is 716 g/mol. The third-order valence-corrected chi connectivity index (χ3v) is 10.7. The Hall–Kier alpha value is -7.63. The van der Waals surface area contributed by atoms with Crippen LogP contribution in [0.15, 0.2) is 199 Å². The van der Waals surface area contributed by atoms with Crippen LogP contribution in [0.2, 0.25) is 0 Å². The van der Waals surface area contributed by atoms with E-state index >= 15 is 0 Å². The summed E-state index contributed by atoms with van der Waals surface area (Å²) in [4.78, 5) is 15.3. The molecule has 0 bridgehead atoms. The highest BCUT2D eigenvalue weighted by molar-refractivity contribution is 6.15. The Morgan fingerprint density at radius 3 is 1.57 bits per heavy atom. The van der Waals surface area contributed by atoms with E-state index in [4.69, 9.17) is 19.4 Å². The molecule has 0 saturated heterocycles. The highest BCUT2D eigenvalue weighted by Crippen LogP contribution is 2.42. The maximum atomic E-state index is 6.81. The molecule has 11 rings (SSSR count). The van der Waals surface area contributed by atoms with Gasteiger partial charge in [-0.05, 0) is 52.6 Å². The molecule has 0 N–H and O–H groups in total. The lowest BCUT2D eigenvalue weighted by atomic mass is 9.99. The third-order valence-electron chi connectivity index (χ3n) is 10.7. The van der Waals surface area contributed by atoms with Crippen molar-refractivity contribution in [1.29, 1.82) is 0 Å². The first-order chi connectivity index (χ1) is 27.8. The van der Waals surface area contributed by atoms with Gasteiger partial charge < -0.3 is 8.98 Å². The molecular weight excluding hydrogens is 685 g/mol. The molecule has 5 heteroatoms. The predicted octanol–water partition coefficient (Wildman–Crippen LogP) is 13.2. The van der Waals surface area contributed by atoms with Crippen LogP contribution < -0.4 is 0 Å². The van der Waals surface area contributed by atoms with E-state index in [0.717, 1.165) is 77.2 Å². The lowest BCUT2D eigenvalue weighted by molar-refractivity contribution is 0.666. The average Bonchev–Trinajstić information content (AvgIpc) is 3.83. The molecule has 5 nitrogen and oxygen atoms in total. The van der Waals surface area contributed by atoms with Crippen molar-refractivity contribution in [1.82, 2.24) is 19.5 Å². The predicted molar refractivity (Wildman–Crippen MR) is 229 cm³/mol. The first-order valence-electron chi connectivity index (χ1n) is 18.8. The fourth-order valence-corrected chi connectivity index (χ4v) is 8.00. The molecule has 0 aliphatic heterocycles. The summed E-state index contributed by atoms with van der Waals surface area (Å²) < 4.78 is 9.13. The molecule has 0 spiro atoms. The lowest BCUT2D eigenvalue weighted by Gasteiger charge is -2.13. The van der Waals surface area contributed by atoms with Gasteiger partial charge in [0.2, 0.25) is 0 Å². The Kier molecular flexibility index (Phi) is 7.42. The zero-order valence-corrected chi connectivity index (χ0v) is 30.2.